The highest BCUT2D eigenvalue weighted by molar-refractivity contribution is 5.81. The van der Waals surface area contributed by atoms with Crippen LogP contribution in [0.5, 0.6) is 0 Å². The molecule has 1 aliphatic heterocycles. The Kier molecular flexibility index (Phi) is 3.50. The van der Waals surface area contributed by atoms with E-state index >= 15 is 0 Å². The molecule has 3 N–H and O–H groups in total. The molecule has 0 aromatic carbocycles. The van der Waals surface area contributed by atoms with Gasteiger partial charge < -0.3 is 15.7 Å². The van der Waals surface area contributed by atoms with E-state index in [2.05, 4.69) is 6.92 Å². The largest absolute Gasteiger partial charge is 0.396 e. The Morgan fingerprint density at radius 3 is 2.43 bits per heavy atom. The molecule has 1 rings (SSSR count). The first-order valence-electron chi connectivity index (χ1n) is 5.14. The standard InChI is InChI=1S/C10H20N2O2/c1-8(11)9(14)12-5-3-10(2,7-13)4-6-12/h8,13H,3-7,11H2,1-2H3/t8-/m0/s1. The van der Waals surface area contributed by atoms with E-state index in [1.165, 1.54) is 0 Å². The lowest BCUT2D eigenvalue weighted by Crippen LogP contribution is -2.48. The fourth-order valence-corrected chi connectivity index (χ4v) is 1.71. The predicted octanol–water partition coefficient (Wildman–Crippen LogP) is -0.0454. The van der Waals surface area contributed by atoms with Crippen molar-refractivity contribution in [1.82, 2.24) is 4.90 Å². The minimum Gasteiger partial charge on any atom is -0.396 e. The molecule has 0 saturated carbocycles. The lowest BCUT2D eigenvalue weighted by atomic mass is 9.81. The topological polar surface area (TPSA) is 66.6 Å². The number of nitrogens with two attached hydrogens (primary N) is 1. The van der Waals surface area contributed by atoms with Crippen molar-refractivity contribution >= 4 is 5.91 Å². The van der Waals surface area contributed by atoms with Gasteiger partial charge in [0.25, 0.3) is 0 Å². The summed E-state index contributed by atoms with van der Waals surface area (Å²) in [5.74, 6) is 0.0185. The van der Waals surface area contributed by atoms with Crippen molar-refractivity contribution in [3.63, 3.8) is 0 Å². The molecule has 1 amide bonds. The monoisotopic (exact) mass is 200 g/mol. The van der Waals surface area contributed by atoms with Crippen molar-refractivity contribution in [2.75, 3.05) is 19.7 Å². The van der Waals surface area contributed by atoms with E-state index in [1.807, 2.05) is 0 Å². The summed E-state index contributed by atoms with van der Waals surface area (Å²) in [7, 11) is 0. The van der Waals surface area contributed by atoms with Crippen LogP contribution in [0, 0.1) is 5.41 Å². The maximum Gasteiger partial charge on any atom is 0.239 e. The molecule has 0 radical (unpaired) electrons. The first-order valence-corrected chi connectivity index (χ1v) is 5.14. The summed E-state index contributed by atoms with van der Waals surface area (Å²) >= 11 is 0. The number of rotatable bonds is 2. The molecule has 0 aromatic heterocycles. The maximum atomic E-state index is 11.5. The number of carbonyl (C=O) groups excluding carboxylic acids is 1. The van der Waals surface area contributed by atoms with Crippen LogP contribution in [0.3, 0.4) is 0 Å². The third-order valence-corrected chi connectivity index (χ3v) is 3.05. The summed E-state index contributed by atoms with van der Waals surface area (Å²) in [4.78, 5) is 13.3. The minimum absolute atomic E-state index is 0.00534. The normalized spacial score (nSPS) is 23.3. The van der Waals surface area contributed by atoms with Crippen molar-refractivity contribution < 1.29 is 9.90 Å². The maximum absolute atomic E-state index is 11.5. The molecule has 0 bridgehead atoms. The lowest BCUT2D eigenvalue weighted by molar-refractivity contribution is -0.134. The van der Waals surface area contributed by atoms with Crippen molar-refractivity contribution in [2.45, 2.75) is 32.7 Å². The average molecular weight is 200 g/mol. The Morgan fingerprint density at radius 2 is 2.07 bits per heavy atom. The highest BCUT2D eigenvalue weighted by Gasteiger charge is 2.31. The van der Waals surface area contributed by atoms with E-state index in [0.29, 0.717) is 0 Å². The zero-order valence-electron chi connectivity index (χ0n) is 8.99. The van der Waals surface area contributed by atoms with Crippen LogP contribution >= 0.6 is 0 Å². The van der Waals surface area contributed by atoms with Crippen LogP contribution in [0.2, 0.25) is 0 Å². The second kappa shape index (κ2) is 4.28. The first kappa shape index (κ1) is 11.5. The smallest absolute Gasteiger partial charge is 0.239 e. The van der Waals surface area contributed by atoms with Crippen LogP contribution in [0.25, 0.3) is 0 Å². The molecular weight excluding hydrogens is 180 g/mol. The zero-order valence-corrected chi connectivity index (χ0v) is 8.99. The highest BCUT2D eigenvalue weighted by Crippen LogP contribution is 2.29. The van der Waals surface area contributed by atoms with Gasteiger partial charge >= 0.3 is 0 Å². The molecule has 1 heterocycles. The van der Waals surface area contributed by atoms with Crippen molar-refractivity contribution in [3.8, 4) is 0 Å². The third kappa shape index (κ3) is 2.45. The molecule has 1 saturated heterocycles. The zero-order chi connectivity index (χ0) is 10.8. The number of hydrogen-bond acceptors (Lipinski definition) is 3. The minimum atomic E-state index is -0.409. The van der Waals surface area contributed by atoms with Crippen LogP contribution in [0.4, 0.5) is 0 Å². The summed E-state index contributed by atoms with van der Waals surface area (Å²) in [5, 5.41) is 9.16. The van der Waals surface area contributed by atoms with Gasteiger partial charge in [-0.05, 0) is 25.2 Å². The third-order valence-electron chi connectivity index (χ3n) is 3.05. The fraction of sp³-hybridized carbons (Fsp3) is 0.900. The molecule has 1 atom stereocenters. The summed E-state index contributed by atoms with van der Waals surface area (Å²) < 4.78 is 0. The number of carbonyl (C=O) groups is 1. The predicted molar refractivity (Wildman–Crippen MR) is 54.7 cm³/mol. The molecule has 0 aromatic rings. The molecule has 0 aliphatic carbocycles. The average Bonchev–Trinajstić information content (AvgIpc) is 2.18. The lowest BCUT2D eigenvalue weighted by Gasteiger charge is -2.38. The van der Waals surface area contributed by atoms with Crippen molar-refractivity contribution in [3.05, 3.63) is 0 Å². The second-order valence-electron chi connectivity index (χ2n) is 4.58. The Hall–Kier alpha value is -0.610. The van der Waals surface area contributed by atoms with Crippen LogP contribution < -0.4 is 5.73 Å². The molecule has 1 fully saturated rings. The van der Waals surface area contributed by atoms with Gasteiger partial charge in [-0.1, -0.05) is 6.92 Å². The Bertz CT molecular complexity index is 208. The molecule has 14 heavy (non-hydrogen) atoms. The van der Waals surface area contributed by atoms with Gasteiger partial charge in [0.1, 0.15) is 0 Å². The van der Waals surface area contributed by atoms with Gasteiger partial charge in [-0.3, -0.25) is 4.79 Å². The van der Waals surface area contributed by atoms with Gasteiger partial charge in [0, 0.05) is 19.7 Å². The van der Waals surface area contributed by atoms with Crippen LogP contribution in [0.1, 0.15) is 26.7 Å². The molecule has 0 spiro atoms. The van der Waals surface area contributed by atoms with Gasteiger partial charge in [0.15, 0.2) is 0 Å². The van der Waals surface area contributed by atoms with Crippen molar-refractivity contribution in [2.24, 2.45) is 11.1 Å². The Morgan fingerprint density at radius 1 is 1.57 bits per heavy atom. The Balaban J connectivity index is 2.47. The number of amides is 1. The van der Waals surface area contributed by atoms with E-state index in [4.69, 9.17) is 10.8 Å². The highest BCUT2D eigenvalue weighted by atomic mass is 16.3. The molecular formula is C10H20N2O2. The molecule has 4 nitrogen and oxygen atoms in total. The van der Waals surface area contributed by atoms with Gasteiger partial charge in [-0.2, -0.15) is 0 Å². The number of aliphatic hydroxyl groups is 1. The summed E-state index contributed by atoms with van der Waals surface area (Å²) in [6.45, 7) is 5.41. The summed E-state index contributed by atoms with van der Waals surface area (Å²) in [6, 6.07) is -0.409. The molecule has 4 heteroatoms. The number of piperidine rings is 1. The van der Waals surface area contributed by atoms with Crippen molar-refractivity contribution in [1.29, 1.82) is 0 Å². The number of hydrogen-bond donors (Lipinski definition) is 2. The van der Waals surface area contributed by atoms with Gasteiger partial charge in [-0.25, -0.2) is 0 Å². The molecule has 1 aliphatic rings. The fourth-order valence-electron chi connectivity index (χ4n) is 1.71. The number of likely N-dealkylation sites (tertiary alicyclic amines) is 1. The van der Waals surface area contributed by atoms with Gasteiger partial charge in [0.2, 0.25) is 5.91 Å². The van der Waals surface area contributed by atoms with Gasteiger partial charge in [-0.15, -0.1) is 0 Å². The van der Waals surface area contributed by atoms with E-state index in [-0.39, 0.29) is 17.9 Å². The molecule has 0 unspecified atom stereocenters. The number of aliphatic hydroxyl groups excluding tert-OH is 1. The molecule has 82 valence electrons. The van der Waals surface area contributed by atoms with E-state index in [1.54, 1.807) is 11.8 Å². The number of nitrogens with zero attached hydrogens (tertiary/aromatic N) is 1. The van der Waals surface area contributed by atoms with Crippen LogP contribution in [-0.4, -0.2) is 41.7 Å². The first-order chi connectivity index (χ1) is 6.48. The van der Waals surface area contributed by atoms with E-state index < -0.39 is 6.04 Å². The quantitative estimate of drug-likeness (QED) is 0.657. The summed E-state index contributed by atoms with van der Waals surface area (Å²) in [5.41, 5.74) is 5.52. The van der Waals surface area contributed by atoms with Crippen LogP contribution in [-0.2, 0) is 4.79 Å². The van der Waals surface area contributed by atoms with Gasteiger partial charge in [0.05, 0.1) is 6.04 Å². The van der Waals surface area contributed by atoms with E-state index in [9.17, 15) is 4.79 Å². The SMILES string of the molecule is C[C@H](N)C(=O)N1CCC(C)(CO)CC1. The summed E-state index contributed by atoms with van der Waals surface area (Å²) in [6.07, 6.45) is 1.73. The van der Waals surface area contributed by atoms with Crippen LogP contribution in [0.15, 0.2) is 0 Å². The Labute approximate surface area is 85.1 Å². The second-order valence-corrected chi connectivity index (χ2v) is 4.58. The van der Waals surface area contributed by atoms with E-state index in [0.717, 1.165) is 25.9 Å².